The molecule has 7 nitrogen and oxygen atoms in total. The van der Waals surface area contributed by atoms with Crippen LogP contribution in [0.2, 0.25) is 0 Å². The van der Waals surface area contributed by atoms with Gasteiger partial charge in [0.15, 0.2) is 0 Å². The van der Waals surface area contributed by atoms with Crippen LogP contribution < -0.4 is 15.4 Å². The Morgan fingerprint density at radius 3 is 2.41 bits per heavy atom. The van der Waals surface area contributed by atoms with Gasteiger partial charge in [-0.15, -0.1) is 0 Å². The van der Waals surface area contributed by atoms with E-state index in [0.717, 1.165) is 16.2 Å². The van der Waals surface area contributed by atoms with E-state index in [0.29, 0.717) is 12.1 Å². The van der Waals surface area contributed by atoms with E-state index in [1.807, 2.05) is 18.2 Å². The SMILES string of the molecule is COc1ccc(CNC(=O)CN2C(=O)N[C@@](C)(c3ccccc3)C2=O)cc1. The molecule has 2 aromatic rings. The molecule has 0 aliphatic carbocycles. The maximum atomic E-state index is 12.8. The molecule has 1 fully saturated rings. The Morgan fingerprint density at radius 1 is 1.11 bits per heavy atom. The van der Waals surface area contributed by atoms with Crippen LogP contribution in [0.15, 0.2) is 54.6 Å². The highest BCUT2D eigenvalue weighted by atomic mass is 16.5. The molecule has 2 N–H and O–H groups in total. The summed E-state index contributed by atoms with van der Waals surface area (Å²) in [4.78, 5) is 38.2. The van der Waals surface area contributed by atoms with Crippen molar-refractivity contribution in [3.8, 4) is 5.75 Å². The fourth-order valence-corrected chi connectivity index (χ4v) is 2.95. The molecular weight excluding hydrogens is 346 g/mol. The third-order valence-electron chi connectivity index (χ3n) is 4.58. The number of hydrogen-bond donors (Lipinski definition) is 2. The van der Waals surface area contributed by atoms with Crippen molar-refractivity contribution in [3.63, 3.8) is 0 Å². The highest BCUT2D eigenvalue weighted by molar-refractivity contribution is 6.09. The molecule has 1 heterocycles. The van der Waals surface area contributed by atoms with Gasteiger partial charge in [0.05, 0.1) is 7.11 Å². The molecule has 0 aromatic heterocycles. The number of carbonyl (C=O) groups excluding carboxylic acids is 3. The van der Waals surface area contributed by atoms with Crippen LogP contribution in [0.1, 0.15) is 18.1 Å². The summed E-state index contributed by atoms with van der Waals surface area (Å²) in [6.07, 6.45) is 0. The summed E-state index contributed by atoms with van der Waals surface area (Å²) in [5.41, 5.74) is 0.384. The summed E-state index contributed by atoms with van der Waals surface area (Å²) in [5.74, 6) is -0.130. The Hall–Kier alpha value is -3.35. The van der Waals surface area contributed by atoms with Gasteiger partial charge < -0.3 is 15.4 Å². The molecule has 140 valence electrons. The number of nitrogens with zero attached hydrogens (tertiary/aromatic N) is 1. The quantitative estimate of drug-likeness (QED) is 0.762. The average molecular weight is 367 g/mol. The third-order valence-corrected chi connectivity index (χ3v) is 4.58. The average Bonchev–Trinajstić information content (AvgIpc) is 2.91. The summed E-state index contributed by atoms with van der Waals surface area (Å²) < 4.78 is 5.09. The van der Waals surface area contributed by atoms with Crippen molar-refractivity contribution in [1.82, 2.24) is 15.5 Å². The maximum absolute atomic E-state index is 12.8. The highest BCUT2D eigenvalue weighted by Gasteiger charge is 2.49. The van der Waals surface area contributed by atoms with Gasteiger partial charge in [-0.25, -0.2) is 4.79 Å². The van der Waals surface area contributed by atoms with Crippen LogP contribution in [-0.2, 0) is 21.7 Å². The molecule has 0 radical (unpaired) electrons. The zero-order valence-corrected chi connectivity index (χ0v) is 15.2. The Kier molecular flexibility index (Phi) is 5.12. The van der Waals surface area contributed by atoms with E-state index in [4.69, 9.17) is 4.74 Å². The molecule has 4 amide bonds. The number of nitrogens with one attached hydrogen (secondary N) is 2. The van der Waals surface area contributed by atoms with Crippen molar-refractivity contribution in [2.45, 2.75) is 19.0 Å². The number of methoxy groups -OCH3 is 1. The lowest BCUT2D eigenvalue weighted by Gasteiger charge is -2.22. The fraction of sp³-hybridized carbons (Fsp3) is 0.250. The second kappa shape index (κ2) is 7.49. The molecule has 1 aliphatic rings. The predicted molar refractivity (Wildman–Crippen MR) is 98.9 cm³/mol. The lowest BCUT2D eigenvalue weighted by atomic mass is 9.92. The van der Waals surface area contributed by atoms with Crippen molar-refractivity contribution in [2.75, 3.05) is 13.7 Å². The predicted octanol–water partition coefficient (Wildman–Crippen LogP) is 1.78. The number of imide groups is 1. The van der Waals surface area contributed by atoms with E-state index in [-0.39, 0.29) is 6.54 Å². The first-order chi connectivity index (χ1) is 12.9. The van der Waals surface area contributed by atoms with Gasteiger partial charge in [-0.1, -0.05) is 42.5 Å². The number of amides is 4. The van der Waals surface area contributed by atoms with Crippen LogP contribution in [-0.4, -0.2) is 36.4 Å². The molecule has 0 unspecified atom stereocenters. The first kappa shape index (κ1) is 18.4. The summed E-state index contributed by atoms with van der Waals surface area (Å²) in [6, 6.07) is 15.6. The highest BCUT2D eigenvalue weighted by Crippen LogP contribution is 2.28. The molecule has 7 heteroatoms. The smallest absolute Gasteiger partial charge is 0.325 e. The van der Waals surface area contributed by atoms with E-state index in [9.17, 15) is 14.4 Å². The minimum absolute atomic E-state index is 0.294. The lowest BCUT2D eigenvalue weighted by molar-refractivity contribution is -0.134. The van der Waals surface area contributed by atoms with E-state index in [1.54, 1.807) is 50.4 Å². The standard InChI is InChI=1S/C20H21N3O4/c1-20(15-6-4-3-5-7-15)18(25)23(19(26)22-20)13-17(24)21-12-14-8-10-16(27-2)11-9-14/h3-11H,12-13H2,1-2H3,(H,21,24)(H,22,26)/t20-/m0/s1. The third kappa shape index (κ3) is 3.76. The normalized spacial score (nSPS) is 19.0. The van der Waals surface area contributed by atoms with Gasteiger partial charge in [-0.05, 0) is 30.2 Å². The molecule has 2 aromatic carbocycles. The maximum Gasteiger partial charge on any atom is 0.325 e. The fourth-order valence-electron chi connectivity index (χ4n) is 2.95. The topological polar surface area (TPSA) is 87.7 Å². The molecule has 3 rings (SSSR count). The van der Waals surface area contributed by atoms with Crippen molar-refractivity contribution < 1.29 is 19.1 Å². The number of benzene rings is 2. The van der Waals surface area contributed by atoms with Crippen LogP contribution >= 0.6 is 0 Å². The van der Waals surface area contributed by atoms with Crippen molar-refractivity contribution in [2.24, 2.45) is 0 Å². The summed E-state index contributed by atoms with van der Waals surface area (Å²) in [6.45, 7) is 1.60. The van der Waals surface area contributed by atoms with Crippen molar-refractivity contribution in [3.05, 3.63) is 65.7 Å². The Morgan fingerprint density at radius 2 is 1.78 bits per heavy atom. The Bertz CT molecular complexity index is 851. The molecule has 0 saturated carbocycles. The van der Waals surface area contributed by atoms with Crippen molar-refractivity contribution >= 4 is 17.8 Å². The molecule has 1 aliphatic heterocycles. The van der Waals surface area contributed by atoms with E-state index < -0.39 is 23.4 Å². The first-order valence-corrected chi connectivity index (χ1v) is 8.53. The van der Waals surface area contributed by atoms with Gasteiger partial charge in [0, 0.05) is 6.54 Å². The zero-order valence-electron chi connectivity index (χ0n) is 15.2. The minimum Gasteiger partial charge on any atom is -0.497 e. The molecule has 1 atom stereocenters. The van der Waals surface area contributed by atoms with E-state index >= 15 is 0 Å². The first-order valence-electron chi connectivity index (χ1n) is 8.53. The second-order valence-corrected chi connectivity index (χ2v) is 6.44. The van der Waals surface area contributed by atoms with Crippen LogP contribution in [0.25, 0.3) is 0 Å². The number of urea groups is 1. The summed E-state index contributed by atoms with van der Waals surface area (Å²) in [5, 5.41) is 5.40. The number of carbonyl (C=O) groups is 3. The van der Waals surface area contributed by atoms with Crippen LogP contribution in [0.4, 0.5) is 4.79 Å². The van der Waals surface area contributed by atoms with Gasteiger partial charge in [0.2, 0.25) is 5.91 Å². The lowest BCUT2D eigenvalue weighted by Crippen LogP contribution is -2.43. The Labute approximate surface area is 157 Å². The van der Waals surface area contributed by atoms with Gasteiger partial charge in [0.1, 0.15) is 17.8 Å². The van der Waals surface area contributed by atoms with Crippen LogP contribution in [0, 0.1) is 0 Å². The molecule has 0 bridgehead atoms. The molecular formula is C20H21N3O4. The molecule has 1 saturated heterocycles. The number of ether oxygens (including phenoxy) is 1. The zero-order chi connectivity index (χ0) is 19.4. The van der Waals surface area contributed by atoms with E-state index in [1.165, 1.54) is 0 Å². The van der Waals surface area contributed by atoms with Crippen LogP contribution in [0.5, 0.6) is 5.75 Å². The minimum atomic E-state index is -1.17. The monoisotopic (exact) mass is 367 g/mol. The van der Waals surface area contributed by atoms with Gasteiger partial charge in [0.25, 0.3) is 5.91 Å². The molecule has 0 spiro atoms. The second-order valence-electron chi connectivity index (χ2n) is 6.44. The number of hydrogen-bond acceptors (Lipinski definition) is 4. The van der Waals surface area contributed by atoms with E-state index in [2.05, 4.69) is 10.6 Å². The van der Waals surface area contributed by atoms with Gasteiger partial charge >= 0.3 is 6.03 Å². The van der Waals surface area contributed by atoms with Crippen LogP contribution in [0.3, 0.4) is 0 Å². The van der Waals surface area contributed by atoms with Gasteiger partial charge in [-0.3, -0.25) is 14.5 Å². The largest absolute Gasteiger partial charge is 0.497 e. The number of rotatable bonds is 6. The Balaban J connectivity index is 1.62. The molecule has 27 heavy (non-hydrogen) atoms. The summed E-state index contributed by atoms with van der Waals surface area (Å²) in [7, 11) is 1.58. The summed E-state index contributed by atoms with van der Waals surface area (Å²) >= 11 is 0. The van der Waals surface area contributed by atoms with Crippen molar-refractivity contribution in [1.29, 1.82) is 0 Å². The van der Waals surface area contributed by atoms with Gasteiger partial charge in [-0.2, -0.15) is 0 Å².